The fraction of sp³-hybridized carbons (Fsp3) is 0.458. The highest BCUT2D eigenvalue weighted by molar-refractivity contribution is 7.89. The smallest absolute Gasteiger partial charge is 0.251 e. The minimum Gasteiger partial charge on any atom is -0.350 e. The molecule has 1 atom stereocenters. The summed E-state index contributed by atoms with van der Waals surface area (Å²) in [5.41, 5.74) is 2.30. The molecule has 0 spiro atoms. The van der Waals surface area contributed by atoms with E-state index in [0.29, 0.717) is 24.2 Å². The first-order valence-electron chi connectivity index (χ1n) is 10.8. The molecule has 0 saturated carbocycles. The Labute approximate surface area is 180 Å². The van der Waals surface area contributed by atoms with Gasteiger partial charge in [-0.2, -0.15) is 4.31 Å². The zero-order valence-electron chi connectivity index (χ0n) is 17.9. The molecule has 3 rings (SSSR count). The zero-order chi connectivity index (χ0) is 21.6. The van der Waals surface area contributed by atoms with Crippen LogP contribution in [0.3, 0.4) is 0 Å². The second-order valence-corrected chi connectivity index (χ2v) is 10.1. The predicted octanol–water partition coefficient (Wildman–Crippen LogP) is 4.31. The van der Waals surface area contributed by atoms with Gasteiger partial charge < -0.3 is 5.32 Å². The fourth-order valence-corrected chi connectivity index (χ4v) is 5.62. The van der Waals surface area contributed by atoms with Gasteiger partial charge in [0.1, 0.15) is 0 Å². The van der Waals surface area contributed by atoms with Crippen molar-refractivity contribution < 1.29 is 13.2 Å². The molecule has 1 aliphatic heterocycles. The van der Waals surface area contributed by atoms with Crippen LogP contribution in [0.15, 0.2) is 53.4 Å². The van der Waals surface area contributed by atoms with Crippen molar-refractivity contribution in [3.05, 3.63) is 65.2 Å². The highest BCUT2D eigenvalue weighted by Gasteiger charge is 2.27. The Morgan fingerprint density at radius 3 is 2.37 bits per heavy atom. The van der Waals surface area contributed by atoms with E-state index in [9.17, 15) is 13.2 Å². The molecular formula is C24H32N2O3S. The van der Waals surface area contributed by atoms with Gasteiger partial charge in [0, 0.05) is 24.7 Å². The summed E-state index contributed by atoms with van der Waals surface area (Å²) in [6.45, 7) is 4.86. The molecule has 162 valence electrons. The third-order valence-electron chi connectivity index (χ3n) is 5.72. The van der Waals surface area contributed by atoms with E-state index in [2.05, 4.69) is 17.4 Å². The SMILES string of the molecule is Cc1ccc(C(=O)N[C@@H](C)CCc2ccccc2)cc1S(=O)(=O)N1CCCCCC1. The summed E-state index contributed by atoms with van der Waals surface area (Å²) in [6.07, 6.45) is 5.60. The van der Waals surface area contributed by atoms with Crippen LogP contribution in [0.5, 0.6) is 0 Å². The molecule has 5 nitrogen and oxygen atoms in total. The van der Waals surface area contributed by atoms with Gasteiger partial charge in [0.15, 0.2) is 0 Å². The number of nitrogens with one attached hydrogen (secondary N) is 1. The van der Waals surface area contributed by atoms with Crippen molar-refractivity contribution in [1.29, 1.82) is 0 Å². The summed E-state index contributed by atoms with van der Waals surface area (Å²) in [6, 6.07) is 15.1. The van der Waals surface area contributed by atoms with Gasteiger partial charge in [0.2, 0.25) is 10.0 Å². The molecule has 2 aromatic rings. The normalized spacial score (nSPS) is 16.6. The third kappa shape index (κ3) is 5.70. The monoisotopic (exact) mass is 428 g/mol. The van der Waals surface area contributed by atoms with Crippen LogP contribution in [0.25, 0.3) is 0 Å². The molecule has 2 aromatic carbocycles. The molecule has 1 saturated heterocycles. The van der Waals surface area contributed by atoms with E-state index in [4.69, 9.17) is 0 Å². The van der Waals surface area contributed by atoms with Gasteiger partial charge in [-0.3, -0.25) is 4.79 Å². The van der Waals surface area contributed by atoms with Gasteiger partial charge in [0.05, 0.1) is 4.90 Å². The van der Waals surface area contributed by atoms with Crippen molar-refractivity contribution in [2.45, 2.75) is 63.3 Å². The predicted molar refractivity (Wildman–Crippen MR) is 120 cm³/mol. The van der Waals surface area contributed by atoms with Crippen LogP contribution in [-0.4, -0.2) is 37.8 Å². The number of hydrogen-bond acceptors (Lipinski definition) is 3. The van der Waals surface area contributed by atoms with E-state index in [-0.39, 0.29) is 16.8 Å². The van der Waals surface area contributed by atoms with Crippen molar-refractivity contribution >= 4 is 15.9 Å². The summed E-state index contributed by atoms with van der Waals surface area (Å²) >= 11 is 0. The number of amides is 1. The average molecular weight is 429 g/mol. The first-order chi connectivity index (χ1) is 14.4. The highest BCUT2D eigenvalue weighted by atomic mass is 32.2. The van der Waals surface area contributed by atoms with Crippen LogP contribution in [0, 0.1) is 6.92 Å². The maximum Gasteiger partial charge on any atom is 0.251 e. The van der Waals surface area contributed by atoms with E-state index < -0.39 is 10.0 Å². The minimum absolute atomic E-state index is 0.00956. The number of nitrogens with zero attached hydrogens (tertiary/aromatic N) is 1. The summed E-state index contributed by atoms with van der Waals surface area (Å²) in [7, 11) is -3.59. The molecular weight excluding hydrogens is 396 g/mol. The Morgan fingerprint density at radius 1 is 1.03 bits per heavy atom. The van der Waals surface area contributed by atoms with Crippen LogP contribution in [0.4, 0.5) is 0 Å². The summed E-state index contributed by atoms with van der Waals surface area (Å²) in [5.74, 6) is -0.233. The van der Waals surface area contributed by atoms with Crippen LogP contribution < -0.4 is 5.32 Å². The number of carbonyl (C=O) groups excluding carboxylic acids is 1. The molecule has 1 aliphatic rings. The van der Waals surface area contributed by atoms with Gasteiger partial charge >= 0.3 is 0 Å². The lowest BCUT2D eigenvalue weighted by molar-refractivity contribution is 0.0938. The number of aryl methyl sites for hydroxylation is 2. The molecule has 1 fully saturated rings. The quantitative estimate of drug-likeness (QED) is 0.715. The topological polar surface area (TPSA) is 66.5 Å². The van der Waals surface area contributed by atoms with Crippen molar-refractivity contribution in [2.75, 3.05) is 13.1 Å². The summed E-state index contributed by atoms with van der Waals surface area (Å²) < 4.78 is 28.0. The van der Waals surface area contributed by atoms with Crippen molar-refractivity contribution in [1.82, 2.24) is 9.62 Å². The van der Waals surface area contributed by atoms with Gasteiger partial charge in [-0.25, -0.2) is 8.42 Å². The van der Waals surface area contributed by atoms with E-state index in [1.54, 1.807) is 23.4 Å². The van der Waals surface area contributed by atoms with E-state index in [1.807, 2.05) is 25.1 Å². The molecule has 0 radical (unpaired) electrons. The average Bonchev–Trinajstić information content (AvgIpc) is 3.03. The Morgan fingerprint density at radius 2 is 1.70 bits per heavy atom. The molecule has 0 bridgehead atoms. The standard InChI is InChI=1S/C24H32N2O3S/c1-19-12-15-22(18-23(19)30(28,29)26-16-8-3-4-9-17-26)24(27)25-20(2)13-14-21-10-6-5-7-11-21/h5-7,10-12,15,18,20H,3-4,8-9,13-14,16-17H2,1-2H3,(H,25,27)/t20-/m0/s1. The van der Waals surface area contributed by atoms with E-state index in [0.717, 1.165) is 38.5 Å². The summed E-state index contributed by atoms with van der Waals surface area (Å²) in [4.78, 5) is 13.0. The lowest BCUT2D eigenvalue weighted by Crippen LogP contribution is -2.34. The third-order valence-corrected chi connectivity index (χ3v) is 7.76. The van der Waals surface area contributed by atoms with Gasteiger partial charge in [-0.15, -0.1) is 0 Å². The maximum atomic E-state index is 13.2. The Bertz CT molecular complexity index is 950. The van der Waals surface area contributed by atoms with Gasteiger partial charge in [0.25, 0.3) is 5.91 Å². The van der Waals surface area contributed by atoms with Crippen molar-refractivity contribution in [3.63, 3.8) is 0 Å². The molecule has 6 heteroatoms. The van der Waals surface area contributed by atoms with Crippen LogP contribution in [-0.2, 0) is 16.4 Å². The Kier molecular flexibility index (Phi) is 7.67. The van der Waals surface area contributed by atoms with Crippen molar-refractivity contribution in [3.8, 4) is 0 Å². The van der Waals surface area contributed by atoms with Crippen LogP contribution >= 0.6 is 0 Å². The second-order valence-electron chi connectivity index (χ2n) is 8.20. The summed E-state index contributed by atoms with van der Waals surface area (Å²) in [5, 5.41) is 3.01. The largest absolute Gasteiger partial charge is 0.350 e. The van der Waals surface area contributed by atoms with E-state index in [1.165, 1.54) is 11.6 Å². The molecule has 1 amide bonds. The minimum atomic E-state index is -3.59. The van der Waals surface area contributed by atoms with Gasteiger partial charge in [-0.05, 0) is 62.8 Å². The molecule has 0 aromatic heterocycles. The lowest BCUT2D eigenvalue weighted by Gasteiger charge is -2.21. The lowest BCUT2D eigenvalue weighted by atomic mass is 10.1. The highest BCUT2D eigenvalue weighted by Crippen LogP contribution is 2.24. The molecule has 30 heavy (non-hydrogen) atoms. The fourth-order valence-electron chi connectivity index (χ4n) is 3.85. The first-order valence-corrected chi connectivity index (χ1v) is 12.3. The second kappa shape index (κ2) is 10.2. The maximum absolute atomic E-state index is 13.2. The molecule has 0 unspecified atom stereocenters. The number of sulfonamides is 1. The van der Waals surface area contributed by atoms with Crippen LogP contribution in [0.2, 0.25) is 0 Å². The first kappa shape index (κ1) is 22.5. The van der Waals surface area contributed by atoms with Crippen LogP contribution in [0.1, 0.15) is 60.5 Å². The molecule has 0 aliphatic carbocycles. The number of rotatable bonds is 7. The number of hydrogen-bond donors (Lipinski definition) is 1. The zero-order valence-corrected chi connectivity index (χ0v) is 18.7. The van der Waals surface area contributed by atoms with E-state index >= 15 is 0 Å². The Hall–Kier alpha value is -2.18. The molecule has 1 N–H and O–H groups in total. The number of carbonyl (C=O) groups is 1. The number of benzene rings is 2. The molecule has 1 heterocycles. The van der Waals surface area contributed by atoms with Crippen molar-refractivity contribution in [2.24, 2.45) is 0 Å². The Balaban J connectivity index is 1.69. The van der Waals surface area contributed by atoms with Gasteiger partial charge in [-0.1, -0.05) is 49.2 Å².